The lowest BCUT2D eigenvalue weighted by Crippen LogP contribution is -2.29. The van der Waals surface area contributed by atoms with Gasteiger partial charge >= 0.3 is 5.97 Å². The highest BCUT2D eigenvalue weighted by Gasteiger charge is 2.21. The van der Waals surface area contributed by atoms with E-state index in [0.29, 0.717) is 11.1 Å². The summed E-state index contributed by atoms with van der Waals surface area (Å²) in [7, 11) is 2.06. The maximum absolute atomic E-state index is 10.7. The van der Waals surface area contributed by atoms with E-state index in [4.69, 9.17) is 16.7 Å². The van der Waals surface area contributed by atoms with Crippen LogP contribution in [-0.2, 0) is 4.79 Å². The molecule has 3 nitrogen and oxygen atoms in total. The predicted molar refractivity (Wildman–Crippen MR) is 78.8 cm³/mol. The third kappa shape index (κ3) is 3.51. The molecule has 102 valence electrons. The van der Waals surface area contributed by atoms with E-state index in [1.54, 1.807) is 12.1 Å². The molecule has 1 saturated carbocycles. The summed E-state index contributed by atoms with van der Waals surface area (Å²) < 4.78 is 0. The Kier molecular flexibility index (Phi) is 4.48. The number of halogens is 1. The van der Waals surface area contributed by atoms with Crippen LogP contribution in [0.15, 0.2) is 24.3 Å². The highest BCUT2D eigenvalue weighted by atomic mass is 35.5. The van der Waals surface area contributed by atoms with Crippen LogP contribution in [0.4, 0.5) is 5.69 Å². The Labute approximate surface area is 118 Å². The quantitative estimate of drug-likeness (QED) is 0.852. The van der Waals surface area contributed by atoms with Crippen molar-refractivity contribution >= 4 is 29.3 Å². The van der Waals surface area contributed by atoms with Crippen LogP contribution in [0.5, 0.6) is 0 Å². The van der Waals surface area contributed by atoms with Gasteiger partial charge in [0.1, 0.15) is 0 Å². The fourth-order valence-electron chi connectivity index (χ4n) is 2.61. The molecule has 0 amide bonds. The topological polar surface area (TPSA) is 40.5 Å². The highest BCUT2D eigenvalue weighted by molar-refractivity contribution is 6.31. The molecule has 19 heavy (non-hydrogen) atoms. The minimum atomic E-state index is -0.940. The molecule has 1 fully saturated rings. The first-order valence-electron chi connectivity index (χ1n) is 6.51. The molecule has 1 aromatic carbocycles. The van der Waals surface area contributed by atoms with Crippen molar-refractivity contribution in [2.24, 2.45) is 0 Å². The van der Waals surface area contributed by atoms with Crippen LogP contribution < -0.4 is 4.90 Å². The van der Waals surface area contributed by atoms with E-state index < -0.39 is 5.97 Å². The lowest BCUT2D eigenvalue weighted by molar-refractivity contribution is -0.131. The second kappa shape index (κ2) is 6.11. The molecule has 0 unspecified atom stereocenters. The average Bonchev–Trinajstić information content (AvgIpc) is 2.90. The number of aliphatic carboxylic acids is 1. The standard InChI is InChI=1S/C15H18ClNO2/c1-17(13-4-2-3-5-13)14-10-12(16)8-6-11(14)7-9-15(18)19/h6-10,13H,2-5H2,1H3,(H,18,19)/b9-7+. The molecule has 0 saturated heterocycles. The Morgan fingerprint density at radius 2 is 2.11 bits per heavy atom. The molecule has 1 aliphatic rings. The van der Waals surface area contributed by atoms with Gasteiger partial charge in [0.15, 0.2) is 0 Å². The monoisotopic (exact) mass is 279 g/mol. The summed E-state index contributed by atoms with van der Waals surface area (Å²) in [6, 6.07) is 6.08. The Morgan fingerprint density at radius 3 is 2.74 bits per heavy atom. The summed E-state index contributed by atoms with van der Waals surface area (Å²) >= 11 is 6.06. The van der Waals surface area contributed by atoms with E-state index in [2.05, 4.69) is 11.9 Å². The van der Waals surface area contributed by atoms with Crippen molar-refractivity contribution in [1.29, 1.82) is 0 Å². The van der Waals surface area contributed by atoms with E-state index in [-0.39, 0.29) is 0 Å². The van der Waals surface area contributed by atoms with Crippen LogP contribution >= 0.6 is 11.6 Å². The third-order valence-electron chi connectivity index (χ3n) is 3.65. The summed E-state index contributed by atoms with van der Waals surface area (Å²) in [4.78, 5) is 12.9. The lowest BCUT2D eigenvalue weighted by atomic mass is 10.1. The Bertz CT molecular complexity index is 493. The summed E-state index contributed by atoms with van der Waals surface area (Å²) in [5.74, 6) is -0.940. The lowest BCUT2D eigenvalue weighted by Gasteiger charge is -2.28. The van der Waals surface area contributed by atoms with Gasteiger partial charge in [0.05, 0.1) is 0 Å². The number of carbonyl (C=O) groups is 1. The van der Waals surface area contributed by atoms with Crippen molar-refractivity contribution in [2.45, 2.75) is 31.7 Å². The number of rotatable bonds is 4. The molecule has 2 rings (SSSR count). The smallest absolute Gasteiger partial charge is 0.328 e. The number of nitrogens with zero attached hydrogens (tertiary/aromatic N) is 1. The number of carboxylic acid groups (broad SMARTS) is 1. The number of carboxylic acids is 1. The van der Waals surface area contributed by atoms with Crippen LogP contribution in [0.3, 0.4) is 0 Å². The van der Waals surface area contributed by atoms with Gasteiger partial charge < -0.3 is 10.0 Å². The molecule has 0 aromatic heterocycles. The minimum absolute atomic E-state index is 0.524. The fraction of sp³-hybridized carbons (Fsp3) is 0.400. The summed E-state index contributed by atoms with van der Waals surface area (Å²) in [5, 5.41) is 9.42. The zero-order valence-corrected chi connectivity index (χ0v) is 11.7. The number of anilines is 1. The first kappa shape index (κ1) is 13.9. The molecular formula is C15H18ClNO2. The molecular weight excluding hydrogens is 262 g/mol. The van der Waals surface area contributed by atoms with E-state index in [1.807, 2.05) is 12.1 Å². The van der Waals surface area contributed by atoms with E-state index >= 15 is 0 Å². The third-order valence-corrected chi connectivity index (χ3v) is 3.89. The molecule has 0 bridgehead atoms. The van der Waals surface area contributed by atoms with Gasteiger partial charge in [-0.15, -0.1) is 0 Å². The van der Waals surface area contributed by atoms with Crippen molar-refractivity contribution in [2.75, 3.05) is 11.9 Å². The van der Waals surface area contributed by atoms with Crippen LogP contribution in [0.25, 0.3) is 6.08 Å². The molecule has 0 radical (unpaired) electrons. The molecule has 1 aromatic rings. The van der Waals surface area contributed by atoms with Crippen LogP contribution in [0, 0.1) is 0 Å². The van der Waals surface area contributed by atoms with Crippen molar-refractivity contribution < 1.29 is 9.90 Å². The zero-order valence-electron chi connectivity index (χ0n) is 11.0. The van der Waals surface area contributed by atoms with Crippen LogP contribution in [0.2, 0.25) is 5.02 Å². The molecule has 4 heteroatoms. The number of hydrogen-bond donors (Lipinski definition) is 1. The summed E-state index contributed by atoms with van der Waals surface area (Å²) in [6.07, 6.45) is 7.68. The number of hydrogen-bond acceptors (Lipinski definition) is 2. The molecule has 0 heterocycles. The van der Waals surface area contributed by atoms with Crippen LogP contribution in [-0.4, -0.2) is 24.2 Å². The Hall–Kier alpha value is -1.48. The Morgan fingerprint density at radius 1 is 1.42 bits per heavy atom. The molecule has 0 spiro atoms. The van der Waals surface area contributed by atoms with Gasteiger partial charge in [-0.2, -0.15) is 0 Å². The van der Waals surface area contributed by atoms with Gasteiger partial charge in [-0.1, -0.05) is 30.5 Å². The van der Waals surface area contributed by atoms with Crippen molar-refractivity contribution in [3.63, 3.8) is 0 Å². The molecule has 1 aliphatic carbocycles. The molecule has 1 N–H and O–H groups in total. The zero-order chi connectivity index (χ0) is 13.8. The van der Waals surface area contributed by atoms with Crippen molar-refractivity contribution in [3.8, 4) is 0 Å². The van der Waals surface area contributed by atoms with Gasteiger partial charge in [-0.3, -0.25) is 0 Å². The van der Waals surface area contributed by atoms with E-state index in [1.165, 1.54) is 25.7 Å². The summed E-state index contributed by atoms with van der Waals surface area (Å²) in [6.45, 7) is 0. The summed E-state index contributed by atoms with van der Waals surface area (Å²) in [5.41, 5.74) is 1.89. The van der Waals surface area contributed by atoms with Gasteiger partial charge in [-0.25, -0.2) is 4.79 Å². The van der Waals surface area contributed by atoms with E-state index in [9.17, 15) is 4.79 Å². The minimum Gasteiger partial charge on any atom is -0.478 e. The van der Waals surface area contributed by atoms with Gasteiger partial charge in [0.2, 0.25) is 0 Å². The van der Waals surface area contributed by atoms with Gasteiger partial charge in [-0.05, 0) is 36.6 Å². The van der Waals surface area contributed by atoms with E-state index in [0.717, 1.165) is 17.3 Å². The number of benzene rings is 1. The maximum Gasteiger partial charge on any atom is 0.328 e. The first-order chi connectivity index (χ1) is 9.08. The van der Waals surface area contributed by atoms with Gasteiger partial charge in [0, 0.05) is 29.9 Å². The SMILES string of the molecule is CN(c1cc(Cl)ccc1/C=C/C(=O)O)C1CCCC1. The highest BCUT2D eigenvalue weighted by Crippen LogP contribution is 2.31. The Balaban J connectivity index is 2.30. The van der Waals surface area contributed by atoms with Crippen molar-refractivity contribution in [3.05, 3.63) is 34.9 Å². The van der Waals surface area contributed by atoms with Gasteiger partial charge in [0.25, 0.3) is 0 Å². The predicted octanol–water partition coefficient (Wildman–Crippen LogP) is 3.82. The molecule has 0 aliphatic heterocycles. The van der Waals surface area contributed by atoms with Crippen molar-refractivity contribution in [1.82, 2.24) is 0 Å². The normalized spacial score (nSPS) is 16.1. The average molecular weight is 280 g/mol. The second-order valence-electron chi connectivity index (χ2n) is 4.92. The first-order valence-corrected chi connectivity index (χ1v) is 6.89. The maximum atomic E-state index is 10.7. The fourth-order valence-corrected chi connectivity index (χ4v) is 2.78. The van der Waals surface area contributed by atoms with Crippen LogP contribution in [0.1, 0.15) is 31.2 Å². The largest absolute Gasteiger partial charge is 0.478 e. The molecule has 0 atom stereocenters. The second-order valence-corrected chi connectivity index (χ2v) is 5.36.